The fourth-order valence-corrected chi connectivity index (χ4v) is 2.21. The van der Waals surface area contributed by atoms with Crippen molar-refractivity contribution in [3.63, 3.8) is 0 Å². The van der Waals surface area contributed by atoms with E-state index < -0.39 is 11.2 Å². The summed E-state index contributed by atoms with van der Waals surface area (Å²) in [6.07, 6.45) is 2.51. The summed E-state index contributed by atoms with van der Waals surface area (Å²) in [4.78, 5) is 40.3. The predicted molar refractivity (Wildman–Crippen MR) is 80.5 cm³/mol. The van der Waals surface area contributed by atoms with Gasteiger partial charge in [-0.3, -0.25) is 18.7 Å². The SMILES string of the molecule is CCC(=O)Nc1c(CC)cnc2c1c(=O)n(C)c(=O)n2C. The van der Waals surface area contributed by atoms with Crippen LogP contribution in [0, 0.1) is 0 Å². The van der Waals surface area contributed by atoms with E-state index in [-0.39, 0.29) is 16.9 Å². The quantitative estimate of drug-likeness (QED) is 0.894. The third-order valence-corrected chi connectivity index (χ3v) is 3.51. The van der Waals surface area contributed by atoms with Crippen LogP contribution in [0.25, 0.3) is 11.0 Å². The van der Waals surface area contributed by atoms with Crippen LogP contribution in [-0.2, 0) is 25.3 Å². The molecule has 2 aromatic heterocycles. The highest BCUT2D eigenvalue weighted by molar-refractivity contribution is 6.00. The highest BCUT2D eigenvalue weighted by Crippen LogP contribution is 2.23. The molecule has 0 aliphatic rings. The number of nitrogens with one attached hydrogen (secondary N) is 1. The average Bonchev–Trinajstić information content (AvgIpc) is 2.50. The van der Waals surface area contributed by atoms with Crippen LogP contribution in [0.4, 0.5) is 5.69 Å². The first-order valence-electron chi connectivity index (χ1n) is 6.79. The van der Waals surface area contributed by atoms with E-state index >= 15 is 0 Å². The molecule has 21 heavy (non-hydrogen) atoms. The number of nitrogens with zero attached hydrogens (tertiary/aromatic N) is 3. The van der Waals surface area contributed by atoms with E-state index in [1.807, 2.05) is 6.92 Å². The van der Waals surface area contributed by atoms with Gasteiger partial charge in [-0.1, -0.05) is 13.8 Å². The van der Waals surface area contributed by atoms with Crippen LogP contribution in [0.2, 0.25) is 0 Å². The molecule has 2 aromatic rings. The zero-order chi connectivity index (χ0) is 15.7. The molecule has 0 unspecified atom stereocenters. The second kappa shape index (κ2) is 5.51. The summed E-state index contributed by atoms with van der Waals surface area (Å²) in [5, 5.41) is 3.03. The van der Waals surface area contributed by atoms with Crippen LogP contribution in [0.15, 0.2) is 15.8 Å². The van der Waals surface area contributed by atoms with Gasteiger partial charge in [-0.15, -0.1) is 0 Å². The van der Waals surface area contributed by atoms with Gasteiger partial charge in [0.05, 0.1) is 5.69 Å². The van der Waals surface area contributed by atoms with Gasteiger partial charge in [0.2, 0.25) is 5.91 Å². The van der Waals surface area contributed by atoms with Gasteiger partial charge in [0.25, 0.3) is 5.56 Å². The van der Waals surface area contributed by atoms with Crippen LogP contribution >= 0.6 is 0 Å². The largest absolute Gasteiger partial charge is 0.332 e. The lowest BCUT2D eigenvalue weighted by molar-refractivity contribution is -0.115. The van der Waals surface area contributed by atoms with Gasteiger partial charge in [0.1, 0.15) is 5.39 Å². The smallest absolute Gasteiger partial charge is 0.325 e. The Bertz CT molecular complexity index is 833. The highest BCUT2D eigenvalue weighted by atomic mass is 16.2. The summed E-state index contributed by atoms with van der Waals surface area (Å²) in [6, 6.07) is 0. The van der Waals surface area contributed by atoms with Crippen molar-refractivity contribution in [2.75, 3.05) is 5.32 Å². The van der Waals surface area contributed by atoms with E-state index in [2.05, 4.69) is 10.3 Å². The third-order valence-electron chi connectivity index (χ3n) is 3.51. The second-order valence-electron chi connectivity index (χ2n) is 4.82. The molecule has 7 heteroatoms. The Kier molecular flexibility index (Phi) is 3.93. The highest BCUT2D eigenvalue weighted by Gasteiger charge is 2.17. The summed E-state index contributed by atoms with van der Waals surface area (Å²) in [5.74, 6) is -0.187. The Balaban J connectivity index is 2.95. The molecule has 0 atom stereocenters. The molecular formula is C14H18N4O3. The minimum Gasteiger partial charge on any atom is -0.325 e. The van der Waals surface area contributed by atoms with Gasteiger partial charge in [-0.05, 0) is 12.0 Å². The summed E-state index contributed by atoms with van der Waals surface area (Å²) in [5.41, 5.74) is 0.580. The second-order valence-corrected chi connectivity index (χ2v) is 4.82. The Labute approximate surface area is 121 Å². The van der Waals surface area contributed by atoms with Crippen molar-refractivity contribution in [1.29, 1.82) is 0 Å². The number of amides is 1. The molecule has 1 amide bonds. The molecule has 0 aliphatic carbocycles. The molecule has 7 nitrogen and oxygen atoms in total. The predicted octanol–water partition coefficient (Wildman–Crippen LogP) is 0.543. The van der Waals surface area contributed by atoms with Crippen LogP contribution in [0.1, 0.15) is 25.8 Å². The maximum Gasteiger partial charge on any atom is 0.332 e. The zero-order valence-corrected chi connectivity index (χ0v) is 12.6. The van der Waals surface area contributed by atoms with Gasteiger partial charge in [-0.2, -0.15) is 0 Å². The standard InChI is InChI=1S/C14H18N4O3/c1-5-8-7-15-12-10(11(8)16-9(19)6-2)13(20)18(4)14(21)17(12)3/h7H,5-6H2,1-4H3,(H,15,16,19). The van der Waals surface area contributed by atoms with Crippen molar-refractivity contribution in [2.24, 2.45) is 14.1 Å². The Hall–Kier alpha value is -2.44. The van der Waals surface area contributed by atoms with Gasteiger partial charge >= 0.3 is 5.69 Å². The van der Waals surface area contributed by atoms with Crippen molar-refractivity contribution in [3.8, 4) is 0 Å². The zero-order valence-electron chi connectivity index (χ0n) is 12.6. The summed E-state index contributed by atoms with van der Waals surface area (Å²) < 4.78 is 2.32. The number of hydrogen-bond donors (Lipinski definition) is 1. The van der Waals surface area contributed by atoms with E-state index in [1.165, 1.54) is 11.6 Å². The lowest BCUT2D eigenvalue weighted by Crippen LogP contribution is -2.38. The topological polar surface area (TPSA) is 86.0 Å². The molecule has 1 N–H and O–H groups in total. The number of fused-ring (bicyclic) bond motifs is 1. The molecule has 0 aromatic carbocycles. The number of hydrogen-bond acceptors (Lipinski definition) is 4. The maximum atomic E-state index is 12.4. The van der Waals surface area contributed by atoms with Gasteiger partial charge < -0.3 is 5.32 Å². The van der Waals surface area contributed by atoms with Crippen LogP contribution in [0.3, 0.4) is 0 Å². The molecule has 0 aliphatic heterocycles. The first kappa shape index (κ1) is 15.0. The van der Waals surface area contributed by atoms with E-state index in [9.17, 15) is 14.4 Å². The fourth-order valence-electron chi connectivity index (χ4n) is 2.21. The van der Waals surface area contributed by atoms with E-state index in [1.54, 1.807) is 20.2 Å². The fraction of sp³-hybridized carbons (Fsp3) is 0.429. The Morgan fingerprint density at radius 2 is 1.90 bits per heavy atom. The van der Waals surface area contributed by atoms with Crippen molar-refractivity contribution in [2.45, 2.75) is 26.7 Å². The minimum absolute atomic E-state index is 0.187. The van der Waals surface area contributed by atoms with Crippen LogP contribution in [-0.4, -0.2) is 20.0 Å². The molecule has 0 saturated carbocycles. The van der Waals surface area contributed by atoms with Crippen molar-refractivity contribution in [1.82, 2.24) is 14.1 Å². The van der Waals surface area contributed by atoms with Crippen LogP contribution < -0.4 is 16.6 Å². The molecule has 0 saturated heterocycles. The van der Waals surface area contributed by atoms with Gasteiger partial charge in [0, 0.05) is 26.7 Å². The number of carbonyl (C=O) groups is 1. The molecule has 0 radical (unpaired) electrons. The first-order chi connectivity index (χ1) is 9.92. The Morgan fingerprint density at radius 3 is 2.48 bits per heavy atom. The summed E-state index contributed by atoms with van der Waals surface area (Å²) in [7, 11) is 2.96. The summed E-state index contributed by atoms with van der Waals surface area (Å²) >= 11 is 0. The normalized spacial score (nSPS) is 10.9. The number of aromatic nitrogens is 3. The molecular weight excluding hydrogens is 272 g/mol. The average molecular weight is 290 g/mol. The number of pyridine rings is 1. The van der Waals surface area contributed by atoms with E-state index in [4.69, 9.17) is 0 Å². The van der Waals surface area contributed by atoms with Crippen molar-refractivity contribution >= 4 is 22.6 Å². The minimum atomic E-state index is -0.456. The molecule has 0 bridgehead atoms. The molecule has 0 spiro atoms. The van der Waals surface area contributed by atoms with Crippen molar-refractivity contribution < 1.29 is 4.79 Å². The lowest BCUT2D eigenvalue weighted by Gasteiger charge is -2.14. The monoisotopic (exact) mass is 290 g/mol. The van der Waals surface area contributed by atoms with Gasteiger partial charge in [0.15, 0.2) is 5.65 Å². The van der Waals surface area contributed by atoms with Crippen LogP contribution in [0.5, 0.6) is 0 Å². The van der Waals surface area contributed by atoms with Crippen molar-refractivity contribution in [3.05, 3.63) is 32.6 Å². The maximum absolute atomic E-state index is 12.4. The molecule has 2 rings (SSSR count). The first-order valence-corrected chi connectivity index (χ1v) is 6.79. The number of anilines is 1. The summed E-state index contributed by atoms with van der Waals surface area (Å²) in [6.45, 7) is 3.65. The number of rotatable bonds is 3. The lowest BCUT2D eigenvalue weighted by atomic mass is 10.1. The third kappa shape index (κ3) is 2.35. The molecule has 2 heterocycles. The van der Waals surface area contributed by atoms with E-state index in [0.29, 0.717) is 18.5 Å². The molecule has 112 valence electrons. The number of carbonyl (C=O) groups excluding carboxylic acids is 1. The Morgan fingerprint density at radius 1 is 1.24 bits per heavy atom. The number of aryl methyl sites for hydroxylation is 2. The molecule has 0 fully saturated rings. The van der Waals surface area contributed by atoms with Gasteiger partial charge in [-0.25, -0.2) is 9.78 Å². The van der Waals surface area contributed by atoms with E-state index in [0.717, 1.165) is 10.1 Å².